The Morgan fingerprint density at radius 3 is 2.61 bits per heavy atom. The van der Waals surface area contributed by atoms with Gasteiger partial charge in [0.2, 0.25) is 15.9 Å². The Morgan fingerprint density at radius 2 is 1.88 bits per heavy atom. The first-order chi connectivity index (χ1) is 15.7. The molecule has 33 heavy (non-hydrogen) atoms. The maximum Gasteiger partial charge on any atom is 0.242 e. The van der Waals surface area contributed by atoms with E-state index < -0.39 is 10.0 Å². The molecule has 10 heteroatoms. The van der Waals surface area contributed by atoms with Crippen LogP contribution in [-0.4, -0.2) is 55.5 Å². The zero-order valence-corrected chi connectivity index (χ0v) is 20.0. The molecular formula is C23H28N4O5S. The summed E-state index contributed by atoms with van der Waals surface area (Å²) in [5.41, 5.74) is 2.33. The van der Waals surface area contributed by atoms with E-state index in [0.29, 0.717) is 42.5 Å². The third kappa shape index (κ3) is 4.67. The van der Waals surface area contributed by atoms with Crippen molar-refractivity contribution in [2.45, 2.75) is 30.7 Å². The molecule has 0 radical (unpaired) electrons. The van der Waals surface area contributed by atoms with Gasteiger partial charge in [0.1, 0.15) is 19.0 Å². The zero-order chi connectivity index (χ0) is 23.8. The van der Waals surface area contributed by atoms with Crippen LogP contribution in [0.3, 0.4) is 0 Å². The number of amides is 1. The minimum Gasteiger partial charge on any atom is -0.486 e. The van der Waals surface area contributed by atoms with Crippen molar-refractivity contribution in [3.05, 3.63) is 47.8 Å². The normalized spacial score (nSPS) is 14.5. The first kappa shape index (κ1) is 23.1. The number of carbonyl (C=O) groups is 1. The van der Waals surface area contributed by atoms with Crippen molar-refractivity contribution < 1.29 is 22.7 Å². The molecule has 1 unspecified atom stereocenters. The molecule has 0 spiro atoms. The second kappa shape index (κ2) is 9.03. The second-order valence-corrected chi connectivity index (χ2v) is 10.4. The highest BCUT2D eigenvalue weighted by atomic mass is 32.2. The van der Waals surface area contributed by atoms with Crippen LogP contribution in [0.25, 0.3) is 11.0 Å². The van der Waals surface area contributed by atoms with Crippen molar-refractivity contribution >= 4 is 27.0 Å². The number of carbonyl (C=O) groups excluding carboxylic acids is 1. The Hall–Kier alpha value is -3.11. The van der Waals surface area contributed by atoms with Gasteiger partial charge in [-0.1, -0.05) is 6.07 Å². The molecule has 9 nitrogen and oxygen atoms in total. The van der Waals surface area contributed by atoms with E-state index in [-0.39, 0.29) is 23.3 Å². The van der Waals surface area contributed by atoms with Gasteiger partial charge in [-0.15, -0.1) is 0 Å². The summed E-state index contributed by atoms with van der Waals surface area (Å²) < 4.78 is 39.0. The number of rotatable bonds is 7. The number of ether oxygens (including phenoxy) is 2. The molecule has 2 aromatic carbocycles. The molecule has 3 aromatic rings. The fourth-order valence-electron chi connectivity index (χ4n) is 3.78. The van der Waals surface area contributed by atoms with Crippen molar-refractivity contribution in [2.75, 3.05) is 27.3 Å². The summed E-state index contributed by atoms with van der Waals surface area (Å²) in [6.45, 7) is 2.97. The van der Waals surface area contributed by atoms with E-state index >= 15 is 0 Å². The van der Waals surface area contributed by atoms with Gasteiger partial charge in [0.05, 0.1) is 22.0 Å². The molecule has 2 heterocycles. The van der Waals surface area contributed by atoms with Crippen LogP contribution in [0.5, 0.6) is 11.5 Å². The summed E-state index contributed by atoms with van der Waals surface area (Å²) in [6.07, 6.45) is 0.690. The van der Waals surface area contributed by atoms with Gasteiger partial charge >= 0.3 is 0 Å². The summed E-state index contributed by atoms with van der Waals surface area (Å²) in [7, 11) is 1.31. The van der Waals surface area contributed by atoms with E-state index in [1.54, 1.807) is 18.2 Å². The van der Waals surface area contributed by atoms with E-state index in [1.165, 1.54) is 18.4 Å². The van der Waals surface area contributed by atoms with Gasteiger partial charge in [-0.25, -0.2) is 17.7 Å². The molecule has 1 aliphatic rings. The molecule has 0 saturated carbocycles. The largest absolute Gasteiger partial charge is 0.486 e. The lowest BCUT2D eigenvalue weighted by Gasteiger charge is -2.21. The SMILES string of the molecule is CC(NC(=O)CCc1nc2cc(S(=O)(=O)N(C)C)ccc2n1C)c1ccc2c(c1)OCCO2. The molecule has 0 saturated heterocycles. The lowest BCUT2D eigenvalue weighted by molar-refractivity contribution is -0.121. The van der Waals surface area contributed by atoms with Crippen molar-refractivity contribution in [2.24, 2.45) is 7.05 Å². The number of nitrogens with zero attached hydrogens (tertiary/aromatic N) is 3. The highest BCUT2D eigenvalue weighted by molar-refractivity contribution is 7.89. The van der Waals surface area contributed by atoms with Crippen LogP contribution in [0.4, 0.5) is 0 Å². The third-order valence-electron chi connectivity index (χ3n) is 5.74. The van der Waals surface area contributed by atoms with Gasteiger partial charge in [-0.05, 0) is 42.8 Å². The highest BCUT2D eigenvalue weighted by Crippen LogP contribution is 2.32. The molecule has 1 N–H and O–H groups in total. The van der Waals surface area contributed by atoms with Gasteiger partial charge in [0.15, 0.2) is 11.5 Å². The summed E-state index contributed by atoms with van der Waals surface area (Å²) >= 11 is 0. The predicted molar refractivity (Wildman–Crippen MR) is 124 cm³/mol. The molecular weight excluding hydrogens is 444 g/mol. The monoisotopic (exact) mass is 472 g/mol. The van der Waals surface area contributed by atoms with Crippen molar-refractivity contribution in [3.63, 3.8) is 0 Å². The number of fused-ring (bicyclic) bond motifs is 2. The molecule has 0 fully saturated rings. The zero-order valence-electron chi connectivity index (χ0n) is 19.2. The Balaban J connectivity index is 1.42. The lowest BCUT2D eigenvalue weighted by Crippen LogP contribution is -2.27. The number of hydrogen-bond acceptors (Lipinski definition) is 6. The molecule has 176 valence electrons. The Bertz CT molecular complexity index is 1300. The van der Waals surface area contributed by atoms with E-state index in [2.05, 4.69) is 10.3 Å². The van der Waals surface area contributed by atoms with Crippen LogP contribution in [0.15, 0.2) is 41.3 Å². The Kier molecular flexibility index (Phi) is 6.31. The van der Waals surface area contributed by atoms with Crippen LogP contribution in [-0.2, 0) is 28.3 Å². The summed E-state index contributed by atoms with van der Waals surface area (Å²) in [4.78, 5) is 17.4. The maximum absolute atomic E-state index is 12.6. The quantitative estimate of drug-likeness (QED) is 0.567. The van der Waals surface area contributed by atoms with Gasteiger partial charge in [0, 0.05) is 34.0 Å². The smallest absolute Gasteiger partial charge is 0.242 e. The third-order valence-corrected chi connectivity index (χ3v) is 7.55. The van der Waals surface area contributed by atoms with Crippen LogP contribution >= 0.6 is 0 Å². The fourth-order valence-corrected chi connectivity index (χ4v) is 4.70. The second-order valence-electron chi connectivity index (χ2n) is 8.22. The van der Waals surface area contributed by atoms with E-state index in [9.17, 15) is 13.2 Å². The molecule has 1 amide bonds. The van der Waals surface area contributed by atoms with Crippen LogP contribution in [0.2, 0.25) is 0 Å². The van der Waals surface area contributed by atoms with Crippen molar-refractivity contribution in [1.82, 2.24) is 19.2 Å². The number of aromatic nitrogens is 2. The molecule has 0 bridgehead atoms. The van der Waals surface area contributed by atoms with E-state index in [0.717, 1.165) is 11.1 Å². The summed E-state index contributed by atoms with van der Waals surface area (Å²) in [5, 5.41) is 3.01. The van der Waals surface area contributed by atoms with Gasteiger partial charge in [0.25, 0.3) is 0 Å². The molecule has 1 aliphatic heterocycles. The first-order valence-corrected chi connectivity index (χ1v) is 12.2. The highest BCUT2D eigenvalue weighted by Gasteiger charge is 2.20. The fraction of sp³-hybridized carbons (Fsp3) is 0.391. The van der Waals surface area contributed by atoms with Crippen LogP contribution in [0, 0.1) is 0 Å². The number of imidazole rings is 1. The Morgan fingerprint density at radius 1 is 1.15 bits per heavy atom. The summed E-state index contributed by atoms with van der Waals surface area (Å²) in [5.74, 6) is 2.02. The van der Waals surface area contributed by atoms with Gasteiger partial charge in [-0.3, -0.25) is 4.79 Å². The topological polar surface area (TPSA) is 103 Å². The van der Waals surface area contributed by atoms with Crippen LogP contribution < -0.4 is 14.8 Å². The van der Waals surface area contributed by atoms with Crippen LogP contribution in [0.1, 0.15) is 30.8 Å². The first-order valence-electron chi connectivity index (χ1n) is 10.7. The molecule has 4 rings (SSSR count). The van der Waals surface area contributed by atoms with E-state index in [4.69, 9.17) is 9.47 Å². The standard InChI is InChI=1S/C23H28N4O5S/c1-15(16-5-8-20-21(13-16)32-12-11-31-20)24-23(28)10-9-22-25-18-14-17(33(29,30)26(2)3)6-7-19(18)27(22)4/h5-8,13-15H,9-12H2,1-4H3,(H,24,28). The van der Waals surface area contributed by atoms with Crippen molar-refractivity contribution in [1.29, 1.82) is 0 Å². The van der Waals surface area contributed by atoms with Gasteiger partial charge in [-0.2, -0.15) is 0 Å². The molecule has 1 aromatic heterocycles. The van der Waals surface area contributed by atoms with Crippen molar-refractivity contribution in [3.8, 4) is 11.5 Å². The minimum atomic E-state index is -3.54. The number of aryl methyl sites for hydroxylation is 2. The lowest BCUT2D eigenvalue weighted by atomic mass is 10.1. The number of nitrogens with one attached hydrogen (secondary N) is 1. The van der Waals surface area contributed by atoms with E-state index in [1.807, 2.05) is 36.7 Å². The number of benzene rings is 2. The molecule has 1 atom stereocenters. The molecule has 0 aliphatic carbocycles. The average molecular weight is 473 g/mol. The minimum absolute atomic E-state index is 0.0969. The average Bonchev–Trinajstić information content (AvgIpc) is 3.12. The summed E-state index contributed by atoms with van der Waals surface area (Å²) in [6, 6.07) is 10.4. The van der Waals surface area contributed by atoms with Gasteiger partial charge < -0.3 is 19.4 Å². The predicted octanol–water partition coefficient (Wildman–Crippen LogP) is 2.40. The Labute approximate surface area is 193 Å². The maximum atomic E-state index is 12.6. The number of hydrogen-bond donors (Lipinski definition) is 1. The number of sulfonamides is 1.